The van der Waals surface area contributed by atoms with E-state index in [-0.39, 0.29) is 11.2 Å². The molecular formula is C20H22N4O4S. The monoisotopic (exact) mass is 414 g/mol. The van der Waals surface area contributed by atoms with Crippen molar-refractivity contribution < 1.29 is 4.92 Å². The van der Waals surface area contributed by atoms with Gasteiger partial charge in [-0.1, -0.05) is 25.5 Å². The van der Waals surface area contributed by atoms with E-state index in [1.807, 2.05) is 6.07 Å². The molecular weight excluding hydrogens is 392 g/mol. The van der Waals surface area contributed by atoms with E-state index in [2.05, 4.69) is 11.9 Å². The van der Waals surface area contributed by atoms with E-state index in [9.17, 15) is 19.7 Å². The number of pyridine rings is 1. The molecule has 9 heteroatoms. The van der Waals surface area contributed by atoms with Gasteiger partial charge < -0.3 is 0 Å². The van der Waals surface area contributed by atoms with Crippen LogP contribution >= 0.6 is 11.8 Å². The number of aryl methyl sites for hydroxylation is 2. The van der Waals surface area contributed by atoms with Gasteiger partial charge in [0.2, 0.25) is 0 Å². The lowest BCUT2D eigenvalue weighted by Crippen LogP contribution is -2.37. The van der Waals surface area contributed by atoms with Crippen LogP contribution in [0.4, 0.5) is 5.69 Å². The Bertz CT molecular complexity index is 1200. The lowest BCUT2D eigenvalue weighted by Gasteiger charge is -2.14. The van der Waals surface area contributed by atoms with Crippen LogP contribution in [-0.2, 0) is 26.3 Å². The molecule has 2 heterocycles. The summed E-state index contributed by atoms with van der Waals surface area (Å²) in [5, 5.41) is 11.5. The highest BCUT2D eigenvalue weighted by atomic mass is 32.2. The summed E-state index contributed by atoms with van der Waals surface area (Å²) in [5.41, 5.74) is 1.32. The molecule has 0 radical (unpaired) electrons. The largest absolute Gasteiger partial charge is 0.332 e. The van der Waals surface area contributed by atoms with Crippen molar-refractivity contribution in [1.82, 2.24) is 14.1 Å². The van der Waals surface area contributed by atoms with Gasteiger partial charge in [0.1, 0.15) is 5.65 Å². The van der Waals surface area contributed by atoms with Crippen LogP contribution < -0.4 is 11.2 Å². The number of nitro groups is 1. The predicted molar refractivity (Wildman–Crippen MR) is 113 cm³/mol. The lowest BCUT2D eigenvalue weighted by molar-refractivity contribution is -0.384. The molecule has 3 rings (SSSR count). The van der Waals surface area contributed by atoms with Crippen molar-refractivity contribution in [3.8, 4) is 0 Å². The summed E-state index contributed by atoms with van der Waals surface area (Å²) in [7, 11) is 3.05. The van der Waals surface area contributed by atoms with Crippen LogP contribution in [0, 0.1) is 10.1 Å². The second-order valence-electron chi connectivity index (χ2n) is 6.84. The Morgan fingerprint density at radius 2 is 1.97 bits per heavy atom. The number of rotatable bonds is 7. The maximum Gasteiger partial charge on any atom is 0.332 e. The summed E-state index contributed by atoms with van der Waals surface area (Å²) < 4.78 is 2.46. The predicted octanol–water partition coefficient (Wildman–Crippen LogP) is 3.18. The minimum Gasteiger partial charge on any atom is -0.280 e. The molecule has 0 amide bonds. The number of benzene rings is 1. The van der Waals surface area contributed by atoms with Crippen molar-refractivity contribution >= 4 is 28.5 Å². The molecule has 0 saturated carbocycles. The van der Waals surface area contributed by atoms with Crippen LogP contribution in [0.15, 0.2) is 44.9 Å². The molecule has 0 aliphatic rings. The number of non-ortho nitro benzene ring substituents is 1. The first-order valence-electron chi connectivity index (χ1n) is 9.28. The second-order valence-corrected chi connectivity index (χ2v) is 7.82. The Balaban J connectivity index is 2.13. The summed E-state index contributed by atoms with van der Waals surface area (Å²) >= 11 is 1.45. The number of nitrogens with zero attached hydrogens (tertiary/aromatic N) is 4. The minimum absolute atomic E-state index is 0.0344. The molecule has 29 heavy (non-hydrogen) atoms. The van der Waals surface area contributed by atoms with E-state index in [0.717, 1.165) is 39.9 Å². The average Bonchev–Trinajstić information content (AvgIpc) is 2.73. The fourth-order valence-electron chi connectivity index (χ4n) is 3.17. The maximum atomic E-state index is 12.9. The van der Waals surface area contributed by atoms with Gasteiger partial charge in [0, 0.05) is 43.1 Å². The Morgan fingerprint density at radius 3 is 2.66 bits per heavy atom. The molecule has 2 aromatic heterocycles. The number of thioether (sulfide) groups is 1. The standard InChI is InChI=1S/C20H22N4O4S/c1-4-5-8-14-11-21-18-16(19(25)23(3)20(26)22(18)2)17(14)29-12-13-7-6-9-15(10-13)24(27)28/h6-7,9-11H,4-5,8,12H2,1-3H3. The van der Waals surface area contributed by atoms with E-state index in [0.29, 0.717) is 16.8 Å². The van der Waals surface area contributed by atoms with Gasteiger partial charge in [-0.15, -0.1) is 11.8 Å². The van der Waals surface area contributed by atoms with Crippen molar-refractivity contribution in [1.29, 1.82) is 0 Å². The molecule has 152 valence electrons. The number of fused-ring (bicyclic) bond motifs is 1. The van der Waals surface area contributed by atoms with Gasteiger partial charge in [0.15, 0.2) is 0 Å². The van der Waals surface area contributed by atoms with Crippen molar-refractivity contribution in [3.05, 3.63) is 72.5 Å². The SMILES string of the molecule is CCCCc1cnc2c(c1SCc1cccc([N+](=O)[O-])c1)c(=O)n(C)c(=O)n2C. The highest BCUT2D eigenvalue weighted by molar-refractivity contribution is 7.98. The molecule has 0 bridgehead atoms. The van der Waals surface area contributed by atoms with Crippen LogP contribution in [0.3, 0.4) is 0 Å². The van der Waals surface area contributed by atoms with Gasteiger partial charge in [-0.2, -0.15) is 0 Å². The zero-order valence-electron chi connectivity index (χ0n) is 16.5. The van der Waals surface area contributed by atoms with Gasteiger partial charge in [-0.3, -0.25) is 24.0 Å². The number of hydrogen-bond donors (Lipinski definition) is 0. The fourth-order valence-corrected chi connectivity index (χ4v) is 4.32. The topological polar surface area (TPSA) is 100 Å². The Kier molecular flexibility index (Phi) is 6.17. The van der Waals surface area contributed by atoms with Crippen molar-refractivity contribution in [2.24, 2.45) is 14.1 Å². The molecule has 0 aliphatic heterocycles. The van der Waals surface area contributed by atoms with E-state index in [1.54, 1.807) is 19.3 Å². The van der Waals surface area contributed by atoms with E-state index in [1.165, 1.54) is 35.5 Å². The number of unbranched alkanes of at least 4 members (excludes halogenated alkanes) is 1. The van der Waals surface area contributed by atoms with Crippen LogP contribution in [0.25, 0.3) is 11.0 Å². The minimum atomic E-state index is -0.425. The molecule has 0 fully saturated rings. The number of aromatic nitrogens is 3. The molecule has 1 aromatic carbocycles. The average molecular weight is 414 g/mol. The van der Waals surface area contributed by atoms with E-state index in [4.69, 9.17) is 0 Å². The second kappa shape index (κ2) is 8.60. The van der Waals surface area contributed by atoms with E-state index >= 15 is 0 Å². The third-order valence-corrected chi connectivity index (χ3v) is 6.03. The summed E-state index contributed by atoms with van der Waals surface area (Å²) in [6.45, 7) is 2.09. The zero-order valence-corrected chi connectivity index (χ0v) is 17.4. The fraction of sp³-hybridized carbons (Fsp3) is 0.350. The molecule has 0 spiro atoms. The smallest absolute Gasteiger partial charge is 0.280 e. The third kappa shape index (κ3) is 4.09. The van der Waals surface area contributed by atoms with Crippen LogP contribution in [0.1, 0.15) is 30.9 Å². The molecule has 0 saturated heterocycles. The summed E-state index contributed by atoms with van der Waals surface area (Å²) in [4.78, 5) is 41.0. The summed E-state index contributed by atoms with van der Waals surface area (Å²) in [6, 6.07) is 6.46. The Labute approximate surface area is 171 Å². The van der Waals surface area contributed by atoms with Crippen LogP contribution in [-0.4, -0.2) is 19.0 Å². The van der Waals surface area contributed by atoms with Crippen LogP contribution in [0.5, 0.6) is 0 Å². The lowest BCUT2D eigenvalue weighted by atomic mass is 10.1. The summed E-state index contributed by atoms with van der Waals surface area (Å²) in [6.07, 6.45) is 4.44. The normalized spacial score (nSPS) is 11.1. The quantitative estimate of drug-likeness (QED) is 0.334. The Hall–Kier alpha value is -2.94. The highest BCUT2D eigenvalue weighted by Gasteiger charge is 2.18. The van der Waals surface area contributed by atoms with Crippen LogP contribution in [0.2, 0.25) is 0 Å². The first kappa shape index (κ1) is 20.8. The molecule has 0 unspecified atom stereocenters. The molecule has 0 N–H and O–H groups in total. The van der Waals surface area contributed by atoms with Crippen molar-refractivity contribution in [3.63, 3.8) is 0 Å². The van der Waals surface area contributed by atoms with E-state index < -0.39 is 10.6 Å². The van der Waals surface area contributed by atoms with Gasteiger partial charge in [0.05, 0.1) is 10.3 Å². The third-order valence-electron chi connectivity index (χ3n) is 4.80. The molecule has 8 nitrogen and oxygen atoms in total. The van der Waals surface area contributed by atoms with Gasteiger partial charge in [-0.05, 0) is 24.0 Å². The molecule has 0 atom stereocenters. The van der Waals surface area contributed by atoms with Gasteiger partial charge >= 0.3 is 5.69 Å². The van der Waals surface area contributed by atoms with Crippen molar-refractivity contribution in [2.45, 2.75) is 36.8 Å². The Morgan fingerprint density at radius 1 is 1.21 bits per heavy atom. The maximum absolute atomic E-state index is 12.9. The first-order valence-corrected chi connectivity index (χ1v) is 10.3. The van der Waals surface area contributed by atoms with Gasteiger partial charge in [-0.25, -0.2) is 9.78 Å². The zero-order chi connectivity index (χ0) is 21.1. The number of nitro benzene ring substituents is 1. The number of hydrogen-bond acceptors (Lipinski definition) is 6. The van der Waals surface area contributed by atoms with Crippen molar-refractivity contribution in [2.75, 3.05) is 0 Å². The molecule has 0 aliphatic carbocycles. The first-order chi connectivity index (χ1) is 13.8. The summed E-state index contributed by atoms with van der Waals surface area (Å²) in [5.74, 6) is 0.464. The molecule has 3 aromatic rings. The highest BCUT2D eigenvalue weighted by Crippen LogP contribution is 2.32. The van der Waals surface area contributed by atoms with Gasteiger partial charge in [0.25, 0.3) is 11.2 Å².